The van der Waals surface area contributed by atoms with Gasteiger partial charge in [-0.2, -0.15) is 5.10 Å². The fourth-order valence-corrected chi connectivity index (χ4v) is 3.12. The molecule has 0 radical (unpaired) electrons. The van der Waals surface area contributed by atoms with Crippen LogP contribution in [-0.2, 0) is 0 Å². The van der Waals surface area contributed by atoms with Crippen molar-refractivity contribution in [3.63, 3.8) is 0 Å². The number of hydrogen-bond acceptors (Lipinski definition) is 5. The molecule has 6 nitrogen and oxygen atoms in total. The van der Waals surface area contributed by atoms with E-state index in [4.69, 9.17) is 4.42 Å². The van der Waals surface area contributed by atoms with Gasteiger partial charge in [-0.15, -0.1) is 5.10 Å². The topological polar surface area (TPSA) is 71.3 Å². The first-order chi connectivity index (χ1) is 11.5. The lowest BCUT2D eigenvalue weighted by atomic mass is 9.96. The summed E-state index contributed by atoms with van der Waals surface area (Å²) in [6.45, 7) is 8.21. The smallest absolute Gasteiger partial charge is 0.254 e. The predicted octanol–water partition coefficient (Wildman–Crippen LogP) is 2.64. The largest absolute Gasteiger partial charge is 0.466 e. The summed E-state index contributed by atoms with van der Waals surface area (Å²) in [4.78, 5) is 14.5. The molecular formula is C18H24N4O2. The van der Waals surface area contributed by atoms with Gasteiger partial charge in [0.05, 0.1) is 11.3 Å². The van der Waals surface area contributed by atoms with Gasteiger partial charge >= 0.3 is 0 Å². The van der Waals surface area contributed by atoms with Crippen LogP contribution >= 0.6 is 0 Å². The quantitative estimate of drug-likeness (QED) is 0.934. The number of nitrogens with one attached hydrogen (secondary N) is 1. The third-order valence-corrected chi connectivity index (χ3v) is 4.56. The number of carbonyl (C=O) groups excluding carboxylic acids is 1. The minimum atomic E-state index is -0.0452. The number of amides is 1. The van der Waals surface area contributed by atoms with Crippen molar-refractivity contribution in [2.45, 2.75) is 33.6 Å². The minimum absolute atomic E-state index is 0.0452. The zero-order valence-corrected chi connectivity index (χ0v) is 14.5. The Morgan fingerprint density at radius 3 is 2.58 bits per heavy atom. The number of anilines is 1. The maximum absolute atomic E-state index is 12.2. The summed E-state index contributed by atoms with van der Waals surface area (Å²) in [5.41, 5.74) is 1.57. The van der Waals surface area contributed by atoms with Gasteiger partial charge in [0.25, 0.3) is 5.91 Å². The van der Waals surface area contributed by atoms with Crippen molar-refractivity contribution in [2.24, 2.45) is 5.92 Å². The average molecular weight is 328 g/mol. The Kier molecular flexibility index (Phi) is 4.83. The number of aryl methyl sites for hydroxylation is 3. The van der Waals surface area contributed by atoms with E-state index in [9.17, 15) is 4.79 Å². The summed E-state index contributed by atoms with van der Waals surface area (Å²) < 4.78 is 5.42. The molecule has 24 heavy (non-hydrogen) atoms. The summed E-state index contributed by atoms with van der Waals surface area (Å²) in [6.07, 6.45) is 2.08. The highest BCUT2D eigenvalue weighted by Crippen LogP contribution is 2.21. The van der Waals surface area contributed by atoms with Gasteiger partial charge in [-0.1, -0.05) is 0 Å². The van der Waals surface area contributed by atoms with Crippen molar-refractivity contribution in [1.82, 2.24) is 15.5 Å². The van der Waals surface area contributed by atoms with E-state index >= 15 is 0 Å². The van der Waals surface area contributed by atoms with E-state index in [2.05, 4.69) is 20.4 Å². The van der Waals surface area contributed by atoms with Crippen molar-refractivity contribution in [3.05, 3.63) is 41.0 Å². The van der Waals surface area contributed by atoms with Crippen molar-refractivity contribution in [2.75, 3.05) is 24.5 Å². The fraction of sp³-hybridized carbons (Fsp3) is 0.500. The molecule has 6 heteroatoms. The van der Waals surface area contributed by atoms with Crippen LogP contribution < -0.4 is 10.2 Å². The number of piperidine rings is 1. The van der Waals surface area contributed by atoms with E-state index < -0.39 is 0 Å². The van der Waals surface area contributed by atoms with E-state index in [0.717, 1.165) is 43.2 Å². The van der Waals surface area contributed by atoms with Crippen LogP contribution in [0.1, 0.15) is 40.4 Å². The molecule has 1 aliphatic rings. The highest BCUT2D eigenvalue weighted by molar-refractivity contribution is 5.95. The van der Waals surface area contributed by atoms with Crippen molar-refractivity contribution < 1.29 is 9.21 Å². The number of carbonyl (C=O) groups is 1. The van der Waals surface area contributed by atoms with Gasteiger partial charge in [0, 0.05) is 19.6 Å². The normalized spacial score (nSPS) is 15.5. The molecule has 0 spiro atoms. The predicted molar refractivity (Wildman–Crippen MR) is 92.2 cm³/mol. The van der Waals surface area contributed by atoms with E-state index in [1.54, 1.807) is 6.07 Å². The van der Waals surface area contributed by atoms with Crippen LogP contribution in [0.2, 0.25) is 0 Å². The number of hydrogen-bond donors (Lipinski definition) is 1. The molecule has 0 unspecified atom stereocenters. The lowest BCUT2D eigenvalue weighted by molar-refractivity contribution is 0.0943. The molecular weight excluding hydrogens is 304 g/mol. The molecule has 3 heterocycles. The van der Waals surface area contributed by atoms with Gasteiger partial charge in [0.1, 0.15) is 11.5 Å². The second-order valence-electron chi connectivity index (χ2n) is 6.50. The first kappa shape index (κ1) is 16.5. The molecule has 0 bridgehead atoms. The number of nitrogens with zero attached hydrogens (tertiary/aromatic N) is 3. The minimum Gasteiger partial charge on any atom is -0.466 e. The van der Waals surface area contributed by atoms with E-state index in [-0.39, 0.29) is 5.91 Å². The van der Waals surface area contributed by atoms with Gasteiger partial charge in [-0.05, 0) is 57.7 Å². The highest BCUT2D eigenvalue weighted by Gasteiger charge is 2.21. The maximum atomic E-state index is 12.2. The van der Waals surface area contributed by atoms with Crippen LogP contribution in [0.5, 0.6) is 0 Å². The zero-order chi connectivity index (χ0) is 17.1. The molecule has 1 fully saturated rings. The van der Waals surface area contributed by atoms with Crippen molar-refractivity contribution in [3.8, 4) is 0 Å². The average Bonchev–Trinajstić information content (AvgIpc) is 2.92. The summed E-state index contributed by atoms with van der Waals surface area (Å²) in [5.74, 6) is 2.84. The van der Waals surface area contributed by atoms with Crippen LogP contribution in [0, 0.1) is 26.7 Å². The maximum Gasteiger partial charge on any atom is 0.254 e. The molecule has 3 rings (SSSR count). The Hall–Kier alpha value is -2.37. The lowest BCUT2D eigenvalue weighted by Crippen LogP contribution is -2.39. The van der Waals surface area contributed by atoms with Crippen LogP contribution in [0.4, 0.5) is 5.82 Å². The number of rotatable bonds is 4. The molecule has 1 saturated heterocycles. The van der Waals surface area contributed by atoms with E-state index in [0.29, 0.717) is 23.8 Å². The summed E-state index contributed by atoms with van der Waals surface area (Å²) >= 11 is 0. The molecule has 1 aliphatic heterocycles. The molecule has 0 saturated carbocycles. The lowest BCUT2D eigenvalue weighted by Gasteiger charge is -2.32. The molecule has 0 aliphatic carbocycles. The Labute approximate surface area is 142 Å². The van der Waals surface area contributed by atoms with Crippen molar-refractivity contribution in [1.29, 1.82) is 0 Å². The molecule has 2 aromatic heterocycles. The Bertz CT molecular complexity index is 700. The summed E-state index contributed by atoms with van der Waals surface area (Å²) in [7, 11) is 0. The highest BCUT2D eigenvalue weighted by atomic mass is 16.3. The van der Waals surface area contributed by atoms with Gasteiger partial charge in [-0.3, -0.25) is 4.79 Å². The SMILES string of the molecule is Cc1ccc(N2CCC(CNC(=O)c3cc(C)oc3C)CC2)nn1. The van der Waals surface area contributed by atoms with Crippen LogP contribution in [0.25, 0.3) is 0 Å². The third-order valence-electron chi connectivity index (χ3n) is 4.56. The first-order valence-electron chi connectivity index (χ1n) is 8.43. The van der Waals surface area contributed by atoms with Crippen LogP contribution in [0.3, 0.4) is 0 Å². The fourth-order valence-electron chi connectivity index (χ4n) is 3.12. The van der Waals surface area contributed by atoms with Crippen molar-refractivity contribution >= 4 is 11.7 Å². The monoisotopic (exact) mass is 328 g/mol. The molecule has 0 aromatic carbocycles. The molecule has 2 aromatic rings. The molecule has 0 atom stereocenters. The Balaban J connectivity index is 1.48. The summed E-state index contributed by atoms with van der Waals surface area (Å²) in [5, 5.41) is 11.4. The first-order valence-corrected chi connectivity index (χ1v) is 8.43. The van der Waals surface area contributed by atoms with Gasteiger partial charge in [-0.25, -0.2) is 0 Å². The standard InChI is InChI=1S/C18H24N4O2/c1-12-4-5-17(21-20-12)22-8-6-15(7-9-22)11-19-18(23)16-10-13(2)24-14(16)3/h4-5,10,15H,6-9,11H2,1-3H3,(H,19,23). The zero-order valence-electron chi connectivity index (χ0n) is 14.5. The van der Waals surface area contributed by atoms with Gasteiger partial charge in [0.2, 0.25) is 0 Å². The molecule has 1 amide bonds. The van der Waals surface area contributed by atoms with Crippen LogP contribution in [0.15, 0.2) is 22.6 Å². The molecule has 128 valence electrons. The van der Waals surface area contributed by atoms with Gasteiger partial charge < -0.3 is 14.6 Å². The second kappa shape index (κ2) is 7.03. The van der Waals surface area contributed by atoms with E-state index in [1.807, 2.05) is 32.9 Å². The number of aromatic nitrogens is 2. The van der Waals surface area contributed by atoms with E-state index in [1.165, 1.54) is 0 Å². The van der Waals surface area contributed by atoms with Crippen LogP contribution in [-0.4, -0.2) is 35.7 Å². The second-order valence-corrected chi connectivity index (χ2v) is 6.50. The molecule has 1 N–H and O–H groups in total. The Morgan fingerprint density at radius 2 is 2.00 bits per heavy atom. The van der Waals surface area contributed by atoms with Gasteiger partial charge in [0.15, 0.2) is 5.82 Å². The Morgan fingerprint density at radius 1 is 1.25 bits per heavy atom. The summed E-state index contributed by atoms with van der Waals surface area (Å²) in [6, 6.07) is 5.81. The number of furan rings is 1. The third kappa shape index (κ3) is 3.75.